The standard InChI is InChI=1S/C25H36N5O2/c1-7-28-18(3)29(8-2)23-15-19(9-10-22(23)28)20-16-26-30(17-20)21-11-13-27(14-12-21)24(31)32-25(4,5)6/h9-10,15-17,21H,7-8,11-14H2,1-6H3/q+1. The Balaban J connectivity index is 1.50. The Morgan fingerprint density at radius 1 is 1.19 bits per heavy atom. The second-order valence-corrected chi connectivity index (χ2v) is 9.65. The minimum absolute atomic E-state index is 0.219. The molecule has 1 aliphatic rings. The fraction of sp³-hybridized carbons (Fsp3) is 0.560. The maximum absolute atomic E-state index is 12.3. The van der Waals surface area contributed by atoms with Crippen LogP contribution < -0.4 is 4.57 Å². The molecule has 1 aromatic carbocycles. The van der Waals surface area contributed by atoms with Gasteiger partial charge in [-0.25, -0.2) is 13.9 Å². The van der Waals surface area contributed by atoms with Gasteiger partial charge in [-0.1, -0.05) is 0 Å². The third-order valence-corrected chi connectivity index (χ3v) is 6.40. The van der Waals surface area contributed by atoms with E-state index in [2.05, 4.69) is 64.1 Å². The SMILES string of the molecule is CCn1c(C)[n+](CC)c2ccc(-c3cnn(C4CCN(C(=O)OC(C)(C)C)CC4)c3)cc21. The van der Waals surface area contributed by atoms with Crippen LogP contribution in [0.3, 0.4) is 0 Å². The molecule has 1 saturated heterocycles. The van der Waals surface area contributed by atoms with E-state index in [-0.39, 0.29) is 6.09 Å². The monoisotopic (exact) mass is 438 g/mol. The van der Waals surface area contributed by atoms with Crippen LogP contribution in [0.2, 0.25) is 0 Å². The molecule has 4 rings (SSSR count). The van der Waals surface area contributed by atoms with E-state index in [9.17, 15) is 4.79 Å². The smallest absolute Gasteiger partial charge is 0.410 e. The lowest BCUT2D eigenvalue weighted by molar-refractivity contribution is -0.674. The summed E-state index contributed by atoms with van der Waals surface area (Å²) in [5, 5.41) is 4.68. The van der Waals surface area contributed by atoms with Crippen molar-refractivity contribution in [3.63, 3.8) is 0 Å². The third kappa shape index (κ3) is 4.25. The normalized spacial score (nSPS) is 15.5. The number of rotatable bonds is 4. The largest absolute Gasteiger partial charge is 0.444 e. The van der Waals surface area contributed by atoms with Crippen LogP contribution in [0.4, 0.5) is 4.79 Å². The molecule has 2 aromatic heterocycles. The Morgan fingerprint density at radius 3 is 2.53 bits per heavy atom. The molecule has 0 atom stereocenters. The van der Waals surface area contributed by atoms with Crippen molar-refractivity contribution < 1.29 is 14.1 Å². The molecular weight excluding hydrogens is 402 g/mol. The van der Waals surface area contributed by atoms with Gasteiger partial charge < -0.3 is 9.64 Å². The van der Waals surface area contributed by atoms with Gasteiger partial charge in [-0.3, -0.25) is 4.68 Å². The van der Waals surface area contributed by atoms with E-state index >= 15 is 0 Å². The van der Waals surface area contributed by atoms with Gasteiger partial charge in [-0.05, 0) is 71.2 Å². The number of hydrogen-bond donors (Lipinski definition) is 0. The highest BCUT2D eigenvalue weighted by Crippen LogP contribution is 2.28. The molecule has 0 bridgehead atoms. The molecule has 0 radical (unpaired) electrons. The summed E-state index contributed by atoms with van der Waals surface area (Å²) in [4.78, 5) is 14.1. The number of aryl methyl sites for hydroxylation is 2. The van der Waals surface area contributed by atoms with Gasteiger partial charge in [0.15, 0.2) is 11.0 Å². The number of benzene rings is 1. The van der Waals surface area contributed by atoms with Crippen molar-refractivity contribution in [1.29, 1.82) is 0 Å². The summed E-state index contributed by atoms with van der Waals surface area (Å²) < 4.78 is 12.3. The zero-order valence-electron chi connectivity index (χ0n) is 20.3. The topological polar surface area (TPSA) is 56.2 Å². The first-order chi connectivity index (χ1) is 15.2. The molecule has 3 aromatic rings. The number of aromatic nitrogens is 4. The zero-order chi connectivity index (χ0) is 23.0. The maximum atomic E-state index is 12.3. The number of piperidine rings is 1. The van der Waals surface area contributed by atoms with Crippen LogP contribution >= 0.6 is 0 Å². The van der Waals surface area contributed by atoms with E-state index in [4.69, 9.17) is 4.74 Å². The van der Waals surface area contributed by atoms with Crippen LogP contribution in [0.15, 0.2) is 30.6 Å². The highest BCUT2D eigenvalue weighted by molar-refractivity contribution is 5.80. The van der Waals surface area contributed by atoms with Crippen molar-refractivity contribution in [2.75, 3.05) is 13.1 Å². The average Bonchev–Trinajstić information content (AvgIpc) is 3.34. The van der Waals surface area contributed by atoms with Crippen molar-refractivity contribution in [1.82, 2.24) is 19.2 Å². The molecule has 7 heteroatoms. The van der Waals surface area contributed by atoms with Crippen molar-refractivity contribution in [2.45, 2.75) is 79.1 Å². The second kappa shape index (κ2) is 8.60. The Morgan fingerprint density at radius 2 is 1.91 bits per heavy atom. The molecule has 0 saturated carbocycles. The van der Waals surface area contributed by atoms with E-state index in [1.54, 1.807) is 0 Å². The molecule has 1 fully saturated rings. The number of hydrogen-bond acceptors (Lipinski definition) is 3. The predicted molar refractivity (Wildman–Crippen MR) is 126 cm³/mol. The van der Waals surface area contributed by atoms with E-state index < -0.39 is 5.60 Å². The minimum atomic E-state index is -0.460. The Labute approximate surface area is 190 Å². The van der Waals surface area contributed by atoms with Gasteiger partial charge >= 0.3 is 6.09 Å². The van der Waals surface area contributed by atoms with Crippen molar-refractivity contribution in [3.05, 3.63) is 36.4 Å². The summed E-state index contributed by atoms with van der Waals surface area (Å²) in [6.07, 6.45) is 5.65. The van der Waals surface area contributed by atoms with E-state index in [0.29, 0.717) is 19.1 Å². The van der Waals surface area contributed by atoms with Crippen LogP contribution in [-0.2, 0) is 17.8 Å². The van der Waals surface area contributed by atoms with Gasteiger partial charge in [-0.2, -0.15) is 5.10 Å². The van der Waals surface area contributed by atoms with Crippen LogP contribution in [0.1, 0.15) is 59.3 Å². The van der Waals surface area contributed by atoms with Crippen molar-refractivity contribution in [2.24, 2.45) is 0 Å². The number of likely N-dealkylation sites (tertiary alicyclic amines) is 1. The highest BCUT2D eigenvalue weighted by atomic mass is 16.6. The molecule has 7 nitrogen and oxygen atoms in total. The summed E-state index contributed by atoms with van der Waals surface area (Å²) in [6.45, 7) is 15.6. The van der Waals surface area contributed by atoms with E-state index in [0.717, 1.165) is 31.5 Å². The van der Waals surface area contributed by atoms with Gasteiger partial charge in [0.25, 0.3) is 5.82 Å². The van der Waals surface area contributed by atoms with Gasteiger partial charge in [-0.15, -0.1) is 0 Å². The summed E-state index contributed by atoms with van der Waals surface area (Å²) in [5.41, 5.74) is 4.40. The van der Waals surface area contributed by atoms with Gasteiger partial charge in [0.2, 0.25) is 0 Å². The molecule has 32 heavy (non-hydrogen) atoms. The van der Waals surface area contributed by atoms with Crippen molar-refractivity contribution >= 4 is 17.1 Å². The van der Waals surface area contributed by atoms with Crippen molar-refractivity contribution in [3.8, 4) is 11.1 Å². The molecule has 0 aliphatic carbocycles. The Bertz CT molecular complexity index is 1110. The number of ether oxygens (including phenoxy) is 1. The van der Waals surface area contributed by atoms with Gasteiger partial charge in [0, 0.05) is 31.8 Å². The quantitative estimate of drug-likeness (QED) is 0.554. The maximum Gasteiger partial charge on any atom is 0.410 e. The third-order valence-electron chi connectivity index (χ3n) is 6.40. The van der Waals surface area contributed by atoms with E-state index in [1.807, 2.05) is 31.9 Å². The molecular formula is C25H36N5O2+. The number of imidazole rings is 1. The molecule has 0 N–H and O–H groups in total. The first kappa shape index (κ1) is 22.4. The number of carbonyl (C=O) groups is 1. The summed E-state index contributed by atoms with van der Waals surface area (Å²) in [5.74, 6) is 1.29. The second-order valence-electron chi connectivity index (χ2n) is 9.65. The molecule has 1 aliphatic heterocycles. The summed E-state index contributed by atoms with van der Waals surface area (Å²) in [6, 6.07) is 7.00. The van der Waals surface area contributed by atoms with E-state index in [1.165, 1.54) is 22.4 Å². The van der Waals surface area contributed by atoms with Gasteiger partial charge in [0.05, 0.1) is 25.3 Å². The first-order valence-electron chi connectivity index (χ1n) is 11.8. The molecule has 172 valence electrons. The lowest BCUT2D eigenvalue weighted by Gasteiger charge is -2.33. The van der Waals surface area contributed by atoms with Gasteiger partial charge in [0.1, 0.15) is 5.60 Å². The van der Waals surface area contributed by atoms with Crippen LogP contribution in [-0.4, -0.2) is 44.0 Å². The highest BCUT2D eigenvalue weighted by Gasteiger charge is 2.28. The number of nitrogens with zero attached hydrogens (tertiary/aromatic N) is 5. The lowest BCUT2D eigenvalue weighted by atomic mass is 10.1. The number of fused-ring (bicyclic) bond motifs is 1. The van der Waals surface area contributed by atoms with Crippen LogP contribution in [0, 0.1) is 6.92 Å². The molecule has 3 heterocycles. The van der Waals surface area contributed by atoms with Crippen LogP contribution in [0.25, 0.3) is 22.2 Å². The Hall–Kier alpha value is -2.83. The zero-order valence-corrected chi connectivity index (χ0v) is 20.3. The average molecular weight is 439 g/mol. The molecule has 0 unspecified atom stereocenters. The summed E-state index contributed by atoms with van der Waals surface area (Å²) >= 11 is 0. The molecule has 0 spiro atoms. The lowest BCUT2D eigenvalue weighted by Crippen LogP contribution is -2.42. The number of amides is 1. The minimum Gasteiger partial charge on any atom is -0.444 e. The molecule has 1 amide bonds. The fourth-order valence-electron chi connectivity index (χ4n) is 4.77. The Kier molecular flexibility index (Phi) is 6.01. The summed E-state index contributed by atoms with van der Waals surface area (Å²) in [7, 11) is 0. The predicted octanol–water partition coefficient (Wildman–Crippen LogP) is 4.71. The number of carbonyl (C=O) groups excluding carboxylic acids is 1. The van der Waals surface area contributed by atoms with Crippen LogP contribution in [0.5, 0.6) is 0 Å². The fourth-order valence-corrected chi connectivity index (χ4v) is 4.77. The first-order valence-corrected chi connectivity index (χ1v) is 11.8.